The van der Waals surface area contributed by atoms with Gasteiger partial charge in [-0.3, -0.25) is 9.69 Å². The summed E-state index contributed by atoms with van der Waals surface area (Å²) in [6, 6.07) is 1.95. The lowest BCUT2D eigenvalue weighted by Crippen LogP contribution is -2.63. The predicted octanol–water partition coefficient (Wildman–Crippen LogP) is 1.71. The highest BCUT2D eigenvalue weighted by molar-refractivity contribution is 5.77. The van der Waals surface area contributed by atoms with Crippen LogP contribution >= 0.6 is 0 Å². The van der Waals surface area contributed by atoms with Crippen molar-refractivity contribution in [3.8, 4) is 0 Å². The van der Waals surface area contributed by atoms with E-state index in [9.17, 15) is 9.90 Å². The van der Waals surface area contributed by atoms with E-state index in [0.29, 0.717) is 32.6 Å². The Hall–Kier alpha value is -1.41. The minimum absolute atomic E-state index is 0.0438. The maximum Gasteiger partial charge on any atom is 0.225 e. The van der Waals surface area contributed by atoms with E-state index in [1.54, 1.807) is 18.3 Å². The average molecular weight is 392 g/mol. The Morgan fingerprint density at radius 1 is 1.39 bits per heavy atom. The lowest BCUT2D eigenvalue weighted by atomic mass is 9.74. The number of furan rings is 1. The van der Waals surface area contributed by atoms with Crippen LogP contribution in [0.2, 0.25) is 0 Å². The van der Waals surface area contributed by atoms with Gasteiger partial charge in [-0.2, -0.15) is 0 Å². The first kappa shape index (κ1) is 19.9. The summed E-state index contributed by atoms with van der Waals surface area (Å²) in [5.74, 6) is 1.04. The zero-order valence-corrected chi connectivity index (χ0v) is 16.9. The Labute approximate surface area is 166 Å². The molecule has 1 amide bonds. The number of hydrogen-bond donors (Lipinski definition) is 1. The molecule has 2 saturated heterocycles. The van der Waals surface area contributed by atoms with Gasteiger partial charge in [-0.05, 0) is 44.2 Å². The highest BCUT2D eigenvalue weighted by Gasteiger charge is 2.47. The van der Waals surface area contributed by atoms with Crippen LogP contribution in [0.15, 0.2) is 16.7 Å². The number of aryl methyl sites for hydroxylation is 1. The van der Waals surface area contributed by atoms with Crippen molar-refractivity contribution < 1.29 is 23.8 Å². The molecule has 1 aromatic rings. The second kappa shape index (κ2) is 8.14. The predicted molar refractivity (Wildman–Crippen MR) is 103 cm³/mol. The molecule has 1 N–H and O–H groups in total. The largest absolute Gasteiger partial charge is 0.468 e. The van der Waals surface area contributed by atoms with Gasteiger partial charge < -0.3 is 23.9 Å². The van der Waals surface area contributed by atoms with E-state index < -0.39 is 6.10 Å². The number of nitrogens with zero attached hydrogens (tertiary/aromatic N) is 2. The van der Waals surface area contributed by atoms with Crippen LogP contribution in [0.5, 0.6) is 0 Å². The van der Waals surface area contributed by atoms with Crippen LogP contribution in [0.4, 0.5) is 0 Å². The molecule has 7 heteroatoms. The number of aliphatic hydroxyl groups excluding tert-OH is 1. The molecule has 0 radical (unpaired) electrons. The second-order valence-electron chi connectivity index (χ2n) is 8.67. The SMILES string of the molecule is COC[C@@H]1C[C@@H](O)CN1C(=O)CC1CN(Cc2occc2C)C2(CCC2)CO1. The van der Waals surface area contributed by atoms with Gasteiger partial charge in [0.2, 0.25) is 5.91 Å². The molecule has 0 bridgehead atoms. The summed E-state index contributed by atoms with van der Waals surface area (Å²) in [4.78, 5) is 17.1. The fourth-order valence-corrected chi connectivity index (χ4v) is 4.86. The third kappa shape index (κ3) is 3.85. The van der Waals surface area contributed by atoms with Crippen LogP contribution in [0.1, 0.15) is 43.4 Å². The average Bonchev–Trinajstić information content (AvgIpc) is 3.20. The number of carbonyl (C=O) groups excluding carboxylic acids is 1. The molecule has 7 nitrogen and oxygen atoms in total. The maximum absolute atomic E-state index is 12.9. The Morgan fingerprint density at radius 2 is 2.21 bits per heavy atom. The highest BCUT2D eigenvalue weighted by atomic mass is 16.5. The molecule has 28 heavy (non-hydrogen) atoms. The molecule has 1 aliphatic carbocycles. The summed E-state index contributed by atoms with van der Waals surface area (Å²) in [6.07, 6.45) is 5.58. The van der Waals surface area contributed by atoms with E-state index in [1.165, 1.54) is 12.0 Å². The maximum atomic E-state index is 12.9. The minimum atomic E-state index is -0.465. The molecular weight excluding hydrogens is 360 g/mol. The highest BCUT2D eigenvalue weighted by Crippen LogP contribution is 2.42. The van der Waals surface area contributed by atoms with Crippen LogP contribution in [-0.4, -0.2) is 78.0 Å². The Morgan fingerprint density at radius 3 is 2.86 bits per heavy atom. The van der Waals surface area contributed by atoms with E-state index in [4.69, 9.17) is 13.9 Å². The number of methoxy groups -OCH3 is 1. The van der Waals surface area contributed by atoms with Gasteiger partial charge >= 0.3 is 0 Å². The molecule has 3 heterocycles. The summed E-state index contributed by atoms with van der Waals surface area (Å²) in [6.45, 7) is 5.09. The molecule has 1 saturated carbocycles. The molecular formula is C21H32N2O5. The van der Waals surface area contributed by atoms with Gasteiger partial charge in [0, 0.05) is 25.7 Å². The third-order valence-corrected chi connectivity index (χ3v) is 6.74. The van der Waals surface area contributed by atoms with Crippen molar-refractivity contribution >= 4 is 5.91 Å². The van der Waals surface area contributed by atoms with Crippen molar-refractivity contribution in [1.29, 1.82) is 0 Å². The molecule has 3 fully saturated rings. The number of ether oxygens (including phenoxy) is 2. The first-order chi connectivity index (χ1) is 13.5. The molecule has 156 valence electrons. The summed E-state index contributed by atoms with van der Waals surface area (Å²) in [5.41, 5.74) is 1.27. The van der Waals surface area contributed by atoms with Crippen molar-refractivity contribution in [1.82, 2.24) is 9.80 Å². The number of morpholine rings is 1. The smallest absolute Gasteiger partial charge is 0.225 e. The molecule has 1 spiro atoms. The molecule has 0 aromatic carbocycles. The summed E-state index contributed by atoms with van der Waals surface area (Å²) in [7, 11) is 1.63. The standard InChI is InChI=1S/C21H32N2O5/c1-15-4-7-27-19(15)12-22-11-18(28-14-21(22)5-3-6-21)9-20(25)23-10-17(24)8-16(23)13-26-2/h4,7,16-18,24H,3,5-6,8-14H2,1-2H3/t16-,17+,18?/m0/s1. The molecule has 1 aromatic heterocycles. The van der Waals surface area contributed by atoms with Gasteiger partial charge in [-0.25, -0.2) is 0 Å². The first-order valence-electron chi connectivity index (χ1n) is 10.4. The van der Waals surface area contributed by atoms with E-state index in [-0.39, 0.29) is 23.6 Å². The van der Waals surface area contributed by atoms with Gasteiger partial charge in [0.15, 0.2) is 0 Å². The van der Waals surface area contributed by atoms with Gasteiger partial charge in [-0.1, -0.05) is 0 Å². The van der Waals surface area contributed by atoms with Gasteiger partial charge in [0.25, 0.3) is 0 Å². The van der Waals surface area contributed by atoms with E-state index >= 15 is 0 Å². The van der Waals surface area contributed by atoms with Crippen LogP contribution in [0.3, 0.4) is 0 Å². The first-order valence-corrected chi connectivity index (χ1v) is 10.4. The fourth-order valence-electron chi connectivity index (χ4n) is 4.86. The van der Waals surface area contributed by atoms with Crippen LogP contribution < -0.4 is 0 Å². The Bertz CT molecular complexity index is 686. The lowest BCUT2D eigenvalue weighted by molar-refractivity contribution is -0.160. The molecule has 3 aliphatic rings. The monoisotopic (exact) mass is 392 g/mol. The number of carbonyl (C=O) groups is 1. The lowest BCUT2D eigenvalue weighted by Gasteiger charge is -2.54. The van der Waals surface area contributed by atoms with E-state index in [0.717, 1.165) is 31.7 Å². The molecule has 3 atom stereocenters. The van der Waals surface area contributed by atoms with Crippen molar-refractivity contribution in [3.63, 3.8) is 0 Å². The van der Waals surface area contributed by atoms with Crippen molar-refractivity contribution in [2.24, 2.45) is 0 Å². The van der Waals surface area contributed by atoms with E-state index in [1.807, 2.05) is 6.07 Å². The van der Waals surface area contributed by atoms with E-state index in [2.05, 4.69) is 11.8 Å². The zero-order chi connectivity index (χ0) is 19.7. The third-order valence-electron chi connectivity index (χ3n) is 6.74. The normalized spacial score (nSPS) is 30.0. The number of rotatable bonds is 6. The number of hydrogen-bond acceptors (Lipinski definition) is 6. The number of aliphatic hydroxyl groups is 1. The summed E-state index contributed by atoms with van der Waals surface area (Å²) < 4.78 is 17.1. The second-order valence-corrected chi connectivity index (χ2v) is 8.67. The quantitative estimate of drug-likeness (QED) is 0.794. The van der Waals surface area contributed by atoms with Crippen molar-refractivity contribution in [2.75, 3.05) is 33.4 Å². The molecule has 1 unspecified atom stereocenters. The Kier molecular flexibility index (Phi) is 5.78. The number of likely N-dealkylation sites (tertiary alicyclic amines) is 1. The number of amides is 1. The fraction of sp³-hybridized carbons (Fsp3) is 0.762. The summed E-state index contributed by atoms with van der Waals surface area (Å²) in [5, 5.41) is 9.97. The molecule has 4 rings (SSSR count). The topological polar surface area (TPSA) is 75.4 Å². The van der Waals surface area contributed by atoms with Gasteiger partial charge in [-0.15, -0.1) is 0 Å². The van der Waals surface area contributed by atoms with Crippen LogP contribution in [0.25, 0.3) is 0 Å². The van der Waals surface area contributed by atoms with Crippen molar-refractivity contribution in [2.45, 2.75) is 69.4 Å². The number of β-amino-alcohol motifs (C(OH)–C–C–N with tert-alkyl or cyclic N) is 1. The van der Waals surface area contributed by atoms with Gasteiger partial charge in [0.1, 0.15) is 5.76 Å². The Balaban J connectivity index is 1.40. The van der Waals surface area contributed by atoms with Crippen LogP contribution in [-0.2, 0) is 20.8 Å². The van der Waals surface area contributed by atoms with Crippen molar-refractivity contribution in [3.05, 3.63) is 23.7 Å². The zero-order valence-electron chi connectivity index (χ0n) is 16.9. The minimum Gasteiger partial charge on any atom is -0.468 e. The van der Waals surface area contributed by atoms with Gasteiger partial charge in [0.05, 0.1) is 50.7 Å². The van der Waals surface area contributed by atoms with Crippen LogP contribution in [0, 0.1) is 6.92 Å². The summed E-state index contributed by atoms with van der Waals surface area (Å²) >= 11 is 0. The molecule has 2 aliphatic heterocycles.